The molecule has 1 fully saturated rings. The van der Waals surface area contributed by atoms with Crippen molar-refractivity contribution in [1.82, 2.24) is 0 Å². The first-order valence-corrected chi connectivity index (χ1v) is 5.89. The van der Waals surface area contributed by atoms with Crippen molar-refractivity contribution in [2.24, 2.45) is 17.6 Å². The molecule has 1 rings (SSSR count). The smallest absolute Gasteiger partial charge is 0.137 e. The molecule has 0 spiro atoms. The van der Waals surface area contributed by atoms with E-state index in [0.29, 0.717) is 11.7 Å². The molecule has 2 nitrogen and oxygen atoms in total. The summed E-state index contributed by atoms with van der Waals surface area (Å²) >= 11 is 0. The summed E-state index contributed by atoms with van der Waals surface area (Å²) in [6, 6.07) is 0.154. The molecular formula is C12H23NO. The zero-order valence-electron chi connectivity index (χ0n) is 9.46. The van der Waals surface area contributed by atoms with Crippen LogP contribution in [0.4, 0.5) is 0 Å². The van der Waals surface area contributed by atoms with Gasteiger partial charge < -0.3 is 5.73 Å². The van der Waals surface area contributed by atoms with Crippen LogP contribution in [0.2, 0.25) is 0 Å². The highest BCUT2D eigenvalue weighted by Crippen LogP contribution is 2.26. The number of carbonyl (C=O) groups is 1. The van der Waals surface area contributed by atoms with Gasteiger partial charge in [0.05, 0.1) is 0 Å². The first-order valence-electron chi connectivity index (χ1n) is 5.89. The van der Waals surface area contributed by atoms with E-state index in [0.717, 1.165) is 38.5 Å². The molecule has 0 aromatic rings. The van der Waals surface area contributed by atoms with Gasteiger partial charge in [-0.2, -0.15) is 0 Å². The molecule has 0 aliphatic heterocycles. The molecular weight excluding hydrogens is 174 g/mol. The molecule has 82 valence electrons. The van der Waals surface area contributed by atoms with Gasteiger partial charge in [0.1, 0.15) is 5.78 Å². The average Bonchev–Trinajstić information content (AvgIpc) is 2.50. The SMILES string of the molecule is CC(C)CCCC(=O)C1CCCC1N. The molecule has 1 saturated carbocycles. The Balaban J connectivity index is 2.21. The van der Waals surface area contributed by atoms with E-state index in [1.54, 1.807) is 0 Å². The van der Waals surface area contributed by atoms with Crippen molar-refractivity contribution >= 4 is 5.78 Å². The van der Waals surface area contributed by atoms with E-state index in [9.17, 15) is 4.79 Å². The molecule has 0 bridgehead atoms. The van der Waals surface area contributed by atoms with Crippen molar-refractivity contribution < 1.29 is 4.79 Å². The molecule has 0 aromatic carbocycles. The molecule has 2 unspecified atom stereocenters. The second-order valence-electron chi connectivity index (χ2n) is 4.95. The highest BCUT2D eigenvalue weighted by Gasteiger charge is 2.29. The third-order valence-electron chi connectivity index (χ3n) is 3.19. The maximum absolute atomic E-state index is 11.8. The lowest BCUT2D eigenvalue weighted by atomic mass is 9.94. The van der Waals surface area contributed by atoms with Gasteiger partial charge in [-0.05, 0) is 25.2 Å². The van der Waals surface area contributed by atoms with E-state index >= 15 is 0 Å². The first-order chi connectivity index (χ1) is 6.61. The fourth-order valence-corrected chi connectivity index (χ4v) is 2.26. The Hall–Kier alpha value is -0.370. The van der Waals surface area contributed by atoms with E-state index in [1.807, 2.05) is 0 Å². The van der Waals surface area contributed by atoms with E-state index in [1.165, 1.54) is 0 Å². The number of nitrogens with two attached hydrogens (primary N) is 1. The molecule has 2 atom stereocenters. The van der Waals surface area contributed by atoms with E-state index in [-0.39, 0.29) is 12.0 Å². The van der Waals surface area contributed by atoms with Gasteiger partial charge in [-0.25, -0.2) is 0 Å². The van der Waals surface area contributed by atoms with Gasteiger partial charge >= 0.3 is 0 Å². The van der Waals surface area contributed by atoms with Crippen LogP contribution in [0.3, 0.4) is 0 Å². The Labute approximate surface area is 87.2 Å². The second kappa shape index (κ2) is 5.50. The summed E-state index contributed by atoms with van der Waals surface area (Å²) in [5.74, 6) is 1.30. The second-order valence-corrected chi connectivity index (χ2v) is 4.95. The Morgan fingerprint density at radius 2 is 2.14 bits per heavy atom. The summed E-state index contributed by atoms with van der Waals surface area (Å²) < 4.78 is 0. The topological polar surface area (TPSA) is 43.1 Å². The lowest BCUT2D eigenvalue weighted by Gasteiger charge is -2.13. The molecule has 0 radical (unpaired) electrons. The number of carbonyl (C=O) groups excluding carboxylic acids is 1. The van der Waals surface area contributed by atoms with Gasteiger partial charge in [0.15, 0.2) is 0 Å². The number of rotatable bonds is 5. The summed E-state index contributed by atoms with van der Waals surface area (Å²) in [6.07, 6.45) is 6.16. The van der Waals surface area contributed by atoms with Crippen molar-refractivity contribution in [1.29, 1.82) is 0 Å². The van der Waals surface area contributed by atoms with Gasteiger partial charge in [0.2, 0.25) is 0 Å². The van der Waals surface area contributed by atoms with Crippen LogP contribution in [-0.4, -0.2) is 11.8 Å². The summed E-state index contributed by atoms with van der Waals surface area (Å²) in [4.78, 5) is 11.8. The molecule has 0 saturated heterocycles. The molecule has 0 amide bonds. The Morgan fingerprint density at radius 3 is 2.64 bits per heavy atom. The van der Waals surface area contributed by atoms with E-state index in [4.69, 9.17) is 5.73 Å². The van der Waals surface area contributed by atoms with Crippen LogP contribution < -0.4 is 5.73 Å². The summed E-state index contributed by atoms with van der Waals surface area (Å²) in [5.41, 5.74) is 5.89. The van der Waals surface area contributed by atoms with Gasteiger partial charge in [-0.1, -0.05) is 26.7 Å². The number of hydrogen-bond donors (Lipinski definition) is 1. The summed E-state index contributed by atoms with van der Waals surface area (Å²) in [7, 11) is 0. The Bertz CT molecular complexity index is 189. The van der Waals surface area contributed by atoms with E-state index in [2.05, 4.69) is 13.8 Å². The minimum Gasteiger partial charge on any atom is -0.327 e. The van der Waals surface area contributed by atoms with Crippen LogP contribution in [0.1, 0.15) is 52.4 Å². The summed E-state index contributed by atoms with van der Waals surface area (Å²) in [6.45, 7) is 4.40. The van der Waals surface area contributed by atoms with Crippen LogP contribution in [0.5, 0.6) is 0 Å². The van der Waals surface area contributed by atoms with E-state index < -0.39 is 0 Å². The molecule has 14 heavy (non-hydrogen) atoms. The third-order valence-corrected chi connectivity index (χ3v) is 3.19. The number of hydrogen-bond acceptors (Lipinski definition) is 2. The molecule has 2 N–H and O–H groups in total. The molecule has 2 heteroatoms. The average molecular weight is 197 g/mol. The minimum absolute atomic E-state index is 0.154. The first kappa shape index (κ1) is 11.7. The Morgan fingerprint density at radius 1 is 1.43 bits per heavy atom. The predicted molar refractivity (Wildman–Crippen MR) is 59.0 cm³/mol. The van der Waals surface area contributed by atoms with Gasteiger partial charge in [-0.3, -0.25) is 4.79 Å². The fourth-order valence-electron chi connectivity index (χ4n) is 2.26. The molecule has 0 heterocycles. The maximum atomic E-state index is 11.8. The van der Waals surface area contributed by atoms with Crippen LogP contribution in [0, 0.1) is 11.8 Å². The minimum atomic E-state index is 0.154. The number of ketones is 1. The zero-order valence-corrected chi connectivity index (χ0v) is 9.46. The van der Waals surface area contributed by atoms with Crippen LogP contribution >= 0.6 is 0 Å². The van der Waals surface area contributed by atoms with Gasteiger partial charge in [-0.15, -0.1) is 0 Å². The third kappa shape index (κ3) is 3.41. The van der Waals surface area contributed by atoms with Crippen LogP contribution in [-0.2, 0) is 4.79 Å². The number of Topliss-reactive ketones (excluding diaryl/α,β-unsaturated/α-hetero) is 1. The maximum Gasteiger partial charge on any atom is 0.137 e. The van der Waals surface area contributed by atoms with Crippen LogP contribution in [0.25, 0.3) is 0 Å². The summed E-state index contributed by atoms with van der Waals surface area (Å²) in [5, 5.41) is 0. The largest absolute Gasteiger partial charge is 0.327 e. The monoisotopic (exact) mass is 197 g/mol. The van der Waals surface area contributed by atoms with Gasteiger partial charge in [0, 0.05) is 18.4 Å². The van der Waals surface area contributed by atoms with Crippen molar-refractivity contribution in [3.05, 3.63) is 0 Å². The lowest BCUT2D eigenvalue weighted by molar-refractivity contribution is -0.123. The van der Waals surface area contributed by atoms with Crippen LogP contribution in [0.15, 0.2) is 0 Å². The highest BCUT2D eigenvalue weighted by molar-refractivity contribution is 5.81. The van der Waals surface area contributed by atoms with Crippen molar-refractivity contribution in [2.75, 3.05) is 0 Å². The predicted octanol–water partition coefficient (Wildman–Crippen LogP) is 2.51. The highest BCUT2D eigenvalue weighted by atomic mass is 16.1. The molecule has 1 aliphatic rings. The van der Waals surface area contributed by atoms with Crippen molar-refractivity contribution in [2.45, 2.75) is 58.4 Å². The van der Waals surface area contributed by atoms with Crippen molar-refractivity contribution in [3.63, 3.8) is 0 Å². The fraction of sp³-hybridized carbons (Fsp3) is 0.917. The standard InChI is InChI=1S/C12H23NO/c1-9(2)5-3-8-12(14)10-6-4-7-11(10)13/h9-11H,3-8,13H2,1-2H3. The van der Waals surface area contributed by atoms with Gasteiger partial charge in [0.25, 0.3) is 0 Å². The zero-order chi connectivity index (χ0) is 10.6. The molecule has 0 aromatic heterocycles. The lowest BCUT2D eigenvalue weighted by Crippen LogP contribution is -2.30. The quantitative estimate of drug-likeness (QED) is 0.736. The van der Waals surface area contributed by atoms with Crippen molar-refractivity contribution in [3.8, 4) is 0 Å². The Kier molecular flexibility index (Phi) is 4.59. The normalized spacial score (nSPS) is 27.1. The molecule has 1 aliphatic carbocycles.